The smallest absolute Gasteiger partial charge is 0.337 e. The van der Waals surface area contributed by atoms with Gasteiger partial charge in [-0.05, 0) is 79.8 Å². The number of carbonyl (C=O) groups excluding carboxylic acids is 2. The Balaban J connectivity index is 1.69. The third-order valence-electron chi connectivity index (χ3n) is 7.12. The molecule has 10 nitrogen and oxygen atoms in total. The van der Waals surface area contributed by atoms with Gasteiger partial charge in [0, 0.05) is 11.1 Å². The maximum atomic E-state index is 14.3. The summed E-state index contributed by atoms with van der Waals surface area (Å²) in [5.74, 6) is -1.76. The zero-order chi connectivity index (χ0) is 29.8. The number of carbonyl (C=O) groups is 3. The lowest BCUT2D eigenvalue weighted by Gasteiger charge is -2.20. The van der Waals surface area contributed by atoms with Crippen molar-refractivity contribution in [1.82, 2.24) is 8.75 Å². The lowest BCUT2D eigenvalue weighted by atomic mass is 9.88. The second kappa shape index (κ2) is 12.4. The first-order chi connectivity index (χ1) is 20.3. The van der Waals surface area contributed by atoms with Crippen LogP contribution < -0.4 is 18.9 Å². The predicted molar refractivity (Wildman–Crippen MR) is 156 cm³/mol. The number of aromatic nitrogens is 2. The fourth-order valence-electron chi connectivity index (χ4n) is 4.97. The van der Waals surface area contributed by atoms with Crippen LogP contribution in [0.5, 0.6) is 23.0 Å². The highest BCUT2D eigenvalue weighted by Crippen LogP contribution is 2.42. The summed E-state index contributed by atoms with van der Waals surface area (Å²) in [6.07, 6.45) is 3.85. The van der Waals surface area contributed by atoms with Gasteiger partial charge >= 0.3 is 5.97 Å². The van der Waals surface area contributed by atoms with Crippen LogP contribution in [-0.2, 0) is 4.79 Å². The van der Waals surface area contributed by atoms with Gasteiger partial charge in [0.2, 0.25) is 5.75 Å². The Morgan fingerprint density at radius 3 is 1.95 bits per heavy atom. The summed E-state index contributed by atoms with van der Waals surface area (Å²) in [6.45, 7) is 0. The van der Waals surface area contributed by atoms with Gasteiger partial charge < -0.3 is 24.1 Å². The van der Waals surface area contributed by atoms with E-state index < -0.39 is 28.7 Å². The Hall–Kier alpha value is -4.77. The summed E-state index contributed by atoms with van der Waals surface area (Å²) in [7, 11) is 4.35. The number of carboxylic acid groups (broad SMARTS) is 1. The molecule has 1 saturated carbocycles. The molecule has 4 aromatic rings. The number of nitrogens with zero attached hydrogens (tertiary/aromatic N) is 2. The van der Waals surface area contributed by atoms with Crippen molar-refractivity contribution in [2.24, 2.45) is 0 Å². The molecular weight excluding hydrogens is 560 g/mol. The van der Waals surface area contributed by atoms with E-state index in [0.29, 0.717) is 22.5 Å². The van der Waals surface area contributed by atoms with Crippen LogP contribution in [0.4, 0.5) is 0 Å². The van der Waals surface area contributed by atoms with E-state index in [2.05, 4.69) is 8.75 Å². The van der Waals surface area contributed by atoms with Crippen LogP contribution in [0.25, 0.3) is 16.6 Å². The van der Waals surface area contributed by atoms with Crippen LogP contribution in [0.1, 0.15) is 52.0 Å². The maximum Gasteiger partial charge on any atom is 0.337 e. The minimum atomic E-state index is -1.46. The van der Waals surface area contributed by atoms with E-state index in [1.807, 2.05) is 0 Å². The maximum absolute atomic E-state index is 14.3. The first kappa shape index (κ1) is 28.7. The topological polar surface area (TPSA) is 134 Å². The highest BCUT2D eigenvalue weighted by molar-refractivity contribution is 7.00. The molecule has 1 aliphatic carbocycles. The first-order valence-corrected chi connectivity index (χ1v) is 13.9. The van der Waals surface area contributed by atoms with Gasteiger partial charge in [-0.25, -0.2) is 4.79 Å². The Morgan fingerprint density at radius 1 is 0.762 bits per heavy atom. The van der Waals surface area contributed by atoms with Crippen LogP contribution in [0.15, 0.2) is 60.2 Å². The molecule has 5 rings (SSSR count). The van der Waals surface area contributed by atoms with E-state index in [1.165, 1.54) is 57.7 Å². The molecule has 0 amide bonds. The monoisotopic (exact) mass is 588 g/mol. The van der Waals surface area contributed by atoms with Crippen LogP contribution in [0, 0.1) is 0 Å². The number of Topliss-reactive ketones (excluding diaryl/α,β-unsaturated/α-hetero) is 2. The largest absolute Gasteiger partial charge is 0.497 e. The molecule has 0 saturated heterocycles. The molecule has 0 aliphatic heterocycles. The average molecular weight is 589 g/mol. The molecule has 0 atom stereocenters. The normalized spacial score (nSPS) is 13.9. The summed E-state index contributed by atoms with van der Waals surface area (Å²) in [5.41, 5.74) is 0.229. The average Bonchev–Trinajstić information content (AvgIpc) is 3.71. The highest BCUT2D eigenvalue weighted by Gasteiger charge is 2.32. The van der Waals surface area contributed by atoms with Crippen LogP contribution in [0.2, 0.25) is 0 Å². The van der Waals surface area contributed by atoms with Gasteiger partial charge in [-0.15, -0.1) is 0 Å². The van der Waals surface area contributed by atoms with Crippen molar-refractivity contribution < 1.29 is 38.4 Å². The molecule has 1 fully saturated rings. The van der Waals surface area contributed by atoms with Gasteiger partial charge in [0.05, 0.1) is 50.3 Å². The quantitative estimate of drug-likeness (QED) is 0.101. The summed E-state index contributed by atoms with van der Waals surface area (Å²) in [5, 5.41) is 10.4. The summed E-state index contributed by atoms with van der Waals surface area (Å²) in [6, 6.07) is 13.5. The number of aliphatic carboxylic acids is 1. The molecule has 216 valence electrons. The van der Waals surface area contributed by atoms with Gasteiger partial charge in [-0.1, -0.05) is 6.07 Å². The van der Waals surface area contributed by atoms with Gasteiger partial charge in [0.15, 0.2) is 23.1 Å². The molecule has 0 unspecified atom stereocenters. The second-order valence-electron chi connectivity index (χ2n) is 9.64. The van der Waals surface area contributed by atoms with E-state index >= 15 is 0 Å². The molecule has 3 aromatic carbocycles. The van der Waals surface area contributed by atoms with Crippen LogP contribution in [0.3, 0.4) is 0 Å². The lowest BCUT2D eigenvalue weighted by Crippen LogP contribution is -2.20. The van der Waals surface area contributed by atoms with E-state index in [-0.39, 0.29) is 34.3 Å². The second-order valence-corrected chi connectivity index (χ2v) is 10.2. The predicted octanol–water partition coefficient (Wildman–Crippen LogP) is 5.64. The number of ether oxygens (including phenoxy) is 4. The number of rotatable bonds is 11. The number of fused-ring (bicyclic) bond motifs is 1. The number of allylic oxidation sites excluding steroid dienone is 1. The van der Waals surface area contributed by atoms with Gasteiger partial charge in [-0.3, -0.25) is 9.59 Å². The van der Waals surface area contributed by atoms with Crippen molar-refractivity contribution >= 4 is 45.9 Å². The number of carboxylic acids is 1. The highest BCUT2D eigenvalue weighted by atomic mass is 32.1. The minimum Gasteiger partial charge on any atom is -0.497 e. The molecule has 0 bridgehead atoms. The summed E-state index contributed by atoms with van der Waals surface area (Å²) in [4.78, 5) is 41.1. The summed E-state index contributed by atoms with van der Waals surface area (Å²) >= 11 is 0.972. The lowest BCUT2D eigenvalue weighted by molar-refractivity contribution is -0.130. The van der Waals surface area contributed by atoms with E-state index in [1.54, 1.807) is 18.2 Å². The molecule has 42 heavy (non-hydrogen) atoms. The standard InChI is InChI=1S/C31H28N2O8S/c1-38-20-11-8-17(9-12-20)28(34)27(26(31(36)37)18-10-13-22-23(14-18)33-42-32-22)29(35)19-15-24(39-2)30(25(16-19)40-3)41-21-6-4-5-7-21/h8-16,21H,4-7H2,1-3H3,(H,36,37)/b27-26+. The van der Waals surface area contributed by atoms with Crippen LogP contribution in [-0.4, -0.2) is 58.8 Å². The molecule has 1 heterocycles. The first-order valence-electron chi connectivity index (χ1n) is 13.2. The van der Waals surface area contributed by atoms with Gasteiger partial charge in [-0.2, -0.15) is 8.75 Å². The molecular formula is C31H28N2O8S. The minimum absolute atomic E-state index is 0.00510. The molecule has 1 aromatic heterocycles. The van der Waals surface area contributed by atoms with Crippen LogP contribution >= 0.6 is 11.7 Å². The number of benzene rings is 3. The molecule has 0 spiro atoms. The number of hydrogen-bond donors (Lipinski definition) is 1. The summed E-state index contributed by atoms with van der Waals surface area (Å²) < 4.78 is 30.9. The number of methoxy groups -OCH3 is 3. The van der Waals surface area contributed by atoms with E-state index in [9.17, 15) is 19.5 Å². The molecule has 1 aliphatic rings. The van der Waals surface area contributed by atoms with Crippen molar-refractivity contribution in [1.29, 1.82) is 0 Å². The van der Waals surface area contributed by atoms with E-state index in [4.69, 9.17) is 18.9 Å². The Kier molecular flexibility index (Phi) is 8.48. The molecule has 1 N–H and O–H groups in total. The van der Waals surface area contributed by atoms with Crippen molar-refractivity contribution in [3.8, 4) is 23.0 Å². The third kappa shape index (κ3) is 5.68. The molecule has 0 radical (unpaired) electrons. The zero-order valence-electron chi connectivity index (χ0n) is 23.2. The molecule has 11 heteroatoms. The fourth-order valence-corrected chi connectivity index (χ4v) is 5.49. The van der Waals surface area contributed by atoms with Crippen molar-refractivity contribution in [3.05, 3.63) is 76.9 Å². The third-order valence-corrected chi connectivity index (χ3v) is 7.68. The number of hydrogen-bond acceptors (Lipinski definition) is 10. The van der Waals surface area contributed by atoms with Gasteiger partial charge in [0.25, 0.3) is 0 Å². The fraction of sp³-hybridized carbons (Fsp3) is 0.258. The zero-order valence-corrected chi connectivity index (χ0v) is 24.0. The Bertz CT molecular complexity index is 1660. The van der Waals surface area contributed by atoms with Crippen molar-refractivity contribution in [2.75, 3.05) is 21.3 Å². The van der Waals surface area contributed by atoms with Crippen molar-refractivity contribution in [2.45, 2.75) is 31.8 Å². The van der Waals surface area contributed by atoms with E-state index in [0.717, 1.165) is 37.4 Å². The Labute approximate surface area is 245 Å². The van der Waals surface area contributed by atoms with Crippen molar-refractivity contribution in [3.63, 3.8) is 0 Å². The SMILES string of the molecule is COc1ccc(C(=O)/C(C(=O)c2cc(OC)c(OC3CCCC3)c(OC)c2)=C(\C(=O)O)c2ccc3nsnc3c2)cc1. The van der Waals surface area contributed by atoms with Gasteiger partial charge in [0.1, 0.15) is 16.8 Å². The number of ketones is 2. The Morgan fingerprint density at radius 2 is 1.36 bits per heavy atom.